The highest BCUT2D eigenvalue weighted by atomic mass is 16.6. The van der Waals surface area contributed by atoms with Crippen molar-refractivity contribution in [3.05, 3.63) is 22.2 Å². The monoisotopic (exact) mass is 280 g/mol. The lowest BCUT2D eigenvalue weighted by Crippen LogP contribution is -2.31. The standard InChI is InChI=1S/C12H20N6O2/c1-2-17(9-3-4-9)8-7-14-12-10(18(19)20)5-6-11(15-12)16-13/h5-6,9H,2-4,7-8,13H2,1H3,(H2,14,15,16). The smallest absolute Gasteiger partial charge is 0.311 e. The van der Waals surface area contributed by atoms with Gasteiger partial charge in [-0.1, -0.05) is 6.92 Å². The Morgan fingerprint density at radius 2 is 2.30 bits per heavy atom. The molecule has 0 atom stereocenters. The molecule has 0 aromatic carbocycles. The molecule has 20 heavy (non-hydrogen) atoms. The van der Waals surface area contributed by atoms with Gasteiger partial charge in [0, 0.05) is 25.2 Å². The number of hydrogen-bond donors (Lipinski definition) is 3. The van der Waals surface area contributed by atoms with Gasteiger partial charge in [-0.05, 0) is 25.5 Å². The van der Waals surface area contributed by atoms with Crippen LogP contribution >= 0.6 is 0 Å². The van der Waals surface area contributed by atoms with E-state index in [1.807, 2.05) is 0 Å². The molecule has 1 aliphatic carbocycles. The lowest BCUT2D eigenvalue weighted by Gasteiger charge is -2.19. The molecule has 1 aromatic heterocycles. The molecule has 1 heterocycles. The van der Waals surface area contributed by atoms with Gasteiger partial charge < -0.3 is 10.7 Å². The summed E-state index contributed by atoms with van der Waals surface area (Å²) >= 11 is 0. The third-order valence-corrected chi connectivity index (χ3v) is 3.38. The van der Waals surface area contributed by atoms with Gasteiger partial charge >= 0.3 is 5.69 Å². The van der Waals surface area contributed by atoms with Gasteiger partial charge in [-0.2, -0.15) is 0 Å². The van der Waals surface area contributed by atoms with Crippen LogP contribution in [0.3, 0.4) is 0 Å². The van der Waals surface area contributed by atoms with E-state index < -0.39 is 4.92 Å². The molecule has 1 aromatic rings. The molecule has 8 nitrogen and oxygen atoms in total. The van der Waals surface area contributed by atoms with Crippen molar-refractivity contribution >= 4 is 17.3 Å². The molecular weight excluding hydrogens is 260 g/mol. The van der Waals surface area contributed by atoms with Gasteiger partial charge in [0.2, 0.25) is 5.82 Å². The van der Waals surface area contributed by atoms with Gasteiger partial charge in [0.25, 0.3) is 0 Å². The molecule has 0 aliphatic heterocycles. The summed E-state index contributed by atoms with van der Waals surface area (Å²) in [6.45, 7) is 4.58. The minimum Gasteiger partial charge on any atom is -0.363 e. The second-order valence-corrected chi connectivity index (χ2v) is 4.75. The van der Waals surface area contributed by atoms with E-state index in [4.69, 9.17) is 5.84 Å². The van der Waals surface area contributed by atoms with E-state index in [2.05, 4.69) is 27.6 Å². The average molecular weight is 280 g/mol. The maximum atomic E-state index is 11.0. The van der Waals surface area contributed by atoms with E-state index in [0.717, 1.165) is 13.1 Å². The zero-order valence-electron chi connectivity index (χ0n) is 11.5. The van der Waals surface area contributed by atoms with Gasteiger partial charge in [-0.3, -0.25) is 15.0 Å². The molecule has 0 unspecified atom stereocenters. The minimum absolute atomic E-state index is 0.0431. The van der Waals surface area contributed by atoms with Gasteiger partial charge in [0.15, 0.2) is 0 Å². The molecule has 110 valence electrons. The average Bonchev–Trinajstić information content (AvgIpc) is 3.27. The van der Waals surface area contributed by atoms with Crippen LogP contribution in [-0.2, 0) is 0 Å². The molecule has 0 bridgehead atoms. The highest BCUT2D eigenvalue weighted by Crippen LogP contribution is 2.26. The maximum absolute atomic E-state index is 11.0. The van der Waals surface area contributed by atoms with E-state index in [1.165, 1.54) is 25.0 Å². The molecule has 1 saturated carbocycles. The summed E-state index contributed by atoms with van der Waals surface area (Å²) in [5.41, 5.74) is 2.34. The number of rotatable bonds is 8. The van der Waals surface area contributed by atoms with Gasteiger partial charge in [-0.15, -0.1) is 0 Å². The van der Waals surface area contributed by atoms with Crippen LogP contribution < -0.4 is 16.6 Å². The van der Waals surface area contributed by atoms with Gasteiger partial charge in [0.05, 0.1) is 4.92 Å². The van der Waals surface area contributed by atoms with E-state index in [1.54, 1.807) is 0 Å². The maximum Gasteiger partial charge on any atom is 0.311 e. The Morgan fingerprint density at radius 3 is 2.85 bits per heavy atom. The van der Waals surface area contributed by atoms with E-state index in [-0.39, 0.29) is 11.5 Å². The highest BCUT2D eigenvalue weighted by Gasteiger charge is 2.27. The topological polar surface area (TPSA) is 109 Å². The third-order valence-electron chi connectivity index (χ3n) is 3.38. The Balaban J connectivity index is 1.97. The molecule has 8 heteroatoms. The second-order valence-electron chi connectivity index (χ2n) is 4.75. The van der Waals surface area contributed by atoms with Crippen molar-refractivity contribution in [2.24, 2.45) is 5.84 Å². The number of nitrogens with two attached hydrogens (primary N) is 1. The zero-order chi connectivity index (χ0) is 14.5. The van der Waals surface area contributed by atoms with E-state index in [9.17, 15) is 10.1 Å². The fraction of sp³-hybridized carbons (Fsp3) is 0.583. The van der Waals surface area contributed by atoms with Crippen LogP contribution in [0.5, 0.6) is 0 Å². The normalized spacial score (nSPS) is 14.3. The highest BCUT2D eigenvalue weighted by molar-refractivity contribution is 5.59. The molecular formula is C12H20N6O2. The summed E-state index contributed by atoms with van der Waals surface area (Å²) < 4.78 is 0. The van der Waals surface area contributed by atoms with Gasteiger partial charge in [0.1, 0.15) is 5.82 Å². The number of hydrogen-bond acceptors (Lipinski definition) is 7. The fourth-order valence-corrected chi connectivity index (χ4v) is 2.17. The molecule has 0 amide bonds. The molecule has 2 rings (SSSR count). The Labute approximate surface area is 117 Å². The summed E-state index contributed by atoms with van der Waals surface area (Å²) in [6, 6.07) is 3.55. The van der Waals surface area contributed by atoms with Crippen LogP contribution in [-0.4, -0.2) is 40.5 Å². The number of hydrazine groups is 1. The van der Waals surface area contributed by atoms with Crippen LogP contribution in [0.2, 0.25) is 0 Å². The lowest BCUT2D eigenvalue weighted by molar-refractivity contribution is -0.384. The van der Waals surface area contributed by atoms with Crippen molar-refractivity contribution in [3.8, 4) is 0 Å². The summed E-state index contributed by atoms with van der Waals surface area (Å²) in [6.07, 6.45) is 2.50. The quantitative estimate of drug-likeness (QED) is 0.372. The molecule has 0 saturated heterocycles. The SMILES string of the molecule is CCN(CCNc1nc(NN)ccc1[N+](=O)[O-])C1CC1. The molecule has 4 N–H and O–H groups in total. The van der Waals surface area contributed by atoms with Crippen molar-refractivity contribution in [2.75, 3.05) is 30.4 Å². The predicted octanol–water partition coefficient (Wildman–Crippen LogP) is 1.17. The number of nitrogens with zero attached hydrogens (tertiary/aromatic N) is 3. The number of anilines is 2. The molecule has 0 radical (unpaired) electrons. The van der Waals surface area contributed by atoms with Crippen molar-refractivity contribution < 1.29 is 4.92 Å². The largest absolute Gasteiger partial charge is 0.363 e. The first-order valence-corrected chi connectivity index (χ1v) is 6.75. The Kier molecular flexibility index (Phi) is 4.70. The summed E-state index contributed by atoms with van der Waals surface area (Å²) in [4.78, 5) is 17.0. The first-order valence-electron chi connectivity index (χ1n) is 6.75. The summed E-state index contributed by atoms with van der Waals surface area (Å²) in [5, 5.41) is 14.0. The Bertz CT molecular complexity index is 477. The van der Waals surface area contributed by atoms with Crippen LogP contribution in [0.25, 0.3) is 0 Å². The number of nitrogens with one attached hydrogen (secondary N) is 2. The first-order chi connectivity index (χ1) is 9.65. The van der Waals surface area contributed by atoms with Gasteiger partial charge in [-0.25, -0.2) is 10.8 Å². The fourth-order valence-electron chi connectivity index (χ4n) is 2.17. The van der Waals surface area contributed by atoms with Crippen molar-refractivity contribution in [2.45, 2.75) is 25.8 Å². The van der Waals surface area contributed by atoms with Crippen LogP contribution in [0, 0.1) is 10.1 Å². The van der Waals surface area contributed by atoms with Crippen LogP contribution in [0.4, 0.5) is 17.3 Å². The summed E-state index contributed by atoms with van der Waals surface area (Å²) in [7, 11) is 0. The van der Waals surface area contributed by atoms with E-state index in [0.29, 0.717) is 18.4 Å². The summed E-state index contributed by atoms with van der Waals surface area (Å²) in [5.74, 6) is 5.92. The van der Waals surface area contributed by atoms with E-state index >= 15 is 0 Å². The zero-order valence-corrected chi connectivity index (χ0v) is 11.5. The number of aromatic nitrogens is 1. The molecule has 1 fully saturated rings. The second kappa shape index (κ2) is 6.49. The van der Waals surface area contributed by atoms with Crippen LogP contribution in [0.1, 0.15) is 19.8 Å². The number of nitro groups is 1. The first kappa shape index (κ1) is 14.5. The van der Waals surface area contributed by atoms with Crippen molar-refractivity contribution in [3.63, 3.8) is 0 Å². The molecule has 0 spiro atoms. The number of nitrogen functional groups attached to an aromatic ring is 1. The third kappa shape index (κ3) is 3.55. The number of likely N-dealkylation sites (N-methyl/N-ethyl adjacent to an activating group) is 1. The lowest BCUT2D eigenvalue weighted by atomic mass is 10.3. The Morgan fingerprint density at radius 1 is 1.55 bits per heavy atom. The minimum atomic E-state index is -0.450. The Hall–Kier alpha value is -1.93. The van der Waals surface area contributed by atoms with Crippen LogP contribution in [0.15, 0.2) is 12.1 Å². The van der Waals surface area contributed by atoms with Crippen molar-refractivity contribution in [1.82, 2.24) is 9.88 Å². The predicted molar refractivity (Wildman–Crippen MR) is 77.5 cm³/mol. The molecule has 1 aliphatic rings. The number of pyridine rings is 1. The van der Waals surface area contributed by atoms with Crippen molar-refractivity contribution in [1.29, 1.82) is 0 Å².